The van der Waals surface area contributed by atoms with Crippen LogP contribution in [0, 0.1) is 0 Å². The van der Waals surface area contributed by atoms with Crippen LogP contribution >= 0.6 is 0 Å². The second-order valence-corrected chi connectivity index (χ2v) is 8.16. The standard InChI is InChI=1S/C25H28N2O6/c1-4-31-18-7-5-6-16(14-18)22-21(24(29)25(30)27(22)11-10-26(2)3)23(28)17-8-9-19-20(15-17)33-13-12-32-19/h5-9,14-15,22,28H,4,10-13H2,1-3H3/t22-/m1/s1. The maximum atomic E-state index is 13.1. The molecule has 174 valence electrons. The van der Waals surface area contributed by atoms with Gasteiger partial charge in [0.25, 0.3) is 11.7 Å². The van der Waals surface area contributed by atoms with E-state index in [1.165, 1.54) is 4.90 Å². The second kappa shape index (κ2) is 9.54. The summed E-state index contributed by atoms with van der Waals surface area (Å²) in [6.45, 7) is 4.12. The Morgan fingerprint density at radius 2 is 1.88 bits per heavy atom. The number of carbonyl (C=O) groups is 2. The zero-order chi connectivity index (χ0) is 23.5. The molecule has 2 heterocycles. The average molecular weight is 453 g/mol. The number of hydrogen-bond acceptors (Lipinski definition) is 7. The van der Waals surface area contributed by atoms with E-state index in [1.54, 1.807) is 24.3 Å². The zero-order valence-electron chi connectivity index (χ0n) is 19.0. The molecule has 1 atom stereocenters. The number of carbonyl (C=O) groups excluding carboxylic acids is 2. The first-order valence-corrected chi connectivity index (χ1v) is 11.0. The molecule has 0 radical (unpaired) electrons. The van der Waals surface area contributed by atoms with Gasteiger partial charge in [-0.05, 0) is 56.9 Å². The number of aliphatic hydroxyl groups excluding tert-OH is 1. The lowest BCUT2D eigenvalue weighted by molar-refractivity contribution is -0.140. The molecule has 0 aromatic heterocycles. The summed E-state index contributed by atoms with van der Waals surface area (Å²) < 4.78 is 16.8. The van der Waals surface area contributed by atoms with Crippen molar-refractivity contribution >= 4 is 17.4 Å². The molecule has 2 aromatic carbocycles. The van der Waals surface area contributed by atoms with Crippen LogP contribution in [-0.4, -0.2) is 73.6 Å². The number of rotatable bonds is 7. The van der Waals surface area contributed by atoms with E-state index in [0.29, 0.717) is 61.3 Å². The summed E-state index contributed by atoms with van der Waals surface area (Å²) in [6.07, 6.45) is 0. The number of hydrogen-bond donors (Lipinski definition) is 1. The number of likely N-dealkylation sites (tertiary alicyclic amines) is 1. The van der Waals surface area contributed by atoms with Gasteiger partial charge in [-0.15, -0.1) is 0 Å². The van der Waals surface area contributed by atoms with Crippen molar-refractivity contribution in [1.29, 1.82) is 0 Å². The van der Waals surface area contributed by atoms with Crippen LogP contribution in [0.25, 0.3) is 5.76 Å². The van der Waals surface area contributed by atoms with Crippen molar-refractivity contribution in [2.45, 2.75) is 13.0 Å². The summed E-state index contributed by atoms with van der Waals surface area (Å²) in [7, 11) is 3.80. The van der Waals surface area contributed by atoms with Crippen molar-refractivity contribution in [1.82, 2.24) is 9.80 Å². The molecule has 1 saturated heterocycles. The van der Waals surface area contributed by atoms with Crippen LogP contribution in [0.1, 0.15) is 24.1 Å². The SMILES string of the molecule is CCOc1cccc([C@@H]2C(=C(O)c3ccc4c(c3)OCCO4)C(=O)C(=O)N2CCN(C)C)c1. The quantitative estimate of drug-likeness (QED) is 0.393. The Bertz CT molecular complexity index is 1090. The predicted molar refractivity (Wildman–Crippen MR) is 123 cm³/mol. The lowest BCUT2D eigenvalue weighted by atomic mass is 9.95. The van der Waals surface area contributed by atoms with Crippen molar-refractivity contribution in [3.05, 3.63) is 59.2 Å². The fourth-order valence-electron chi connectivity index (χ4n) is 4.05. The number of fused-ring (bicyclic) bond motifs is 1. The number of Topliss-reactive ketones (excluding diaryl/α,β-unsaturated/α-hetero) is 1. The highest BCUT2D eigenvalue weighted by molar-refractivity contribution is 6.46. The molecule has 1 amide bonds. The van der Waals surface area contributed by atoms with Gasteiger partial charge in [0.2, 0.25) is 0 Å². The summed E-state index contributed by atoms with van der Waals surface area (Å²) >= 11 is 0. The van der Waals surface area contributed by atoms with E-state index in [9.17, 15) is 14.7 Å². The highest BCUT2D eigenvalue weighted by atomic mass is 16.6. The molecule has 0 saturated carbocycles. The lowest BCUT2D eigenvalue weighted by Crippen LogP contribution is -2.35. The van der Waals surface area contributed by atoms with Crippen LogP contribution in [0.15, 0.2) is 48.0 Å². The molecule has 8 heteroatoms. The monoisotopic (exact) mass is 452 g/mol. The normalized spacial score (nSPS) is 19.3. The predicted octanol–water partition coefficient (Wildman–Crippen LogP) is 2.84. The number of aliphatic hydroxyl groups is 1. The van der Waals surface area contributed by atoms with Crippen LogP contribution in [-0.2, 0) is 9.59 Å². The minimum absolute atomic E-state index is 0.0454. The molecule has 33 heavy (non-hydrogen) atoms. The minimum atomic E-state index is -0.737. The molecule has 8 nitrogen and oxygen atoms in total. The highest BCUT2D eigenvalue weighted by Gasteiger charge is 2.46. The smallest absolute Gasteiger partial charge is 0.295 e. The number of ketones is 1. The van der Waals surface area contributed by atoms with Crippen LogP contribution in [0.3, 0.4) is 0 Å². The van der Waals surface area contributed by atoms with Crippen molar-refractivity contribution in [2.75, 3.05) is 47.0 Å². The number of nitrogens with zero attached hydrogens (tertiary/aromatic N) is 2. The Hall–Kier alpha value is -3.52. The van der Waals surface area contributed by atoms with Gasteiger partial charge < -0.3 is 29.1 Å². The molecule has 0 spiro atoms. The van der Waals surface area contributed by atoms with E-state index >= 15 is 0 Å². The van der Waals surface area contributed by atoms with Gasteiger partial charge in [-0.1, -0.05) is 12.1 Å². The van der Waals surface area contributed by atoms with Gasteiger partial charge in [0.05, 0.1) is 18.2 Å². The van der Waals surface area contributed by atoms with Crippen LogP contribution in [0.5, 0.6) is 17.2 Å². The van der Waals surface area contributed by atoms with Gasteiger partial charge in [-0.25, -0.2) is 0 Å². The molecule has 1 fully saturated rings. The number of likely N-dealkylation sites (N-methyl/N-ethyl adjacent to an activating group) is 1. The van der Waals surface area contributed by atoms with E-state index in [2.05, 4.69) is 0 Å². The largest absolute Gasteiger partial charge is 0.507 e. The fourth-order valence-corrected chi connectivity index (χ4v) is 4.05. The molecular formula is C25H28N2O6. The summed E-state index contributed by atoms with van der Waals surface area (Å²) in [4.78, 5) is 29.6. The summed E-state index contributed by atoms with van der Waals surface area (Å²) in [6, 6.07) is 11.5. The summed E-state index contributed by atoms with van der Waals surface area (Å²) in [5.41, 5.74) is 1.12. The van der Waals surface area contributed by atoms with E-state index < -0.39 is 17.7 Å². The maximum absolute atomic E-state index is 13.1. The average Bonchev–Trinajstić information content (AvgIpc) is 3.07. The maximum Gasteiger partial charge on any atom is 0.295 e. The molecule has 0 aliphatic carbocycles. The van der Waals surface area contributed by atoms with E-state index in [1.807, 2.05) is 44.1 Å². The van der Waals surface area contributed by atoms with Gasteiger partial charge in [-0.3, -0.25) is 9.59 Å². The first-order chi connectivity index (χ1) is 15.9. The fraction of sp³-hybridized carbons (Fsp3) is 0.360. The second-order valence-electron chi connectivity index (χ2n) is 8.16. The zero-order valence-corrected chi connectivity index (χ0v) is 19.0. The third kappa shape index (κ3) is 4.52. The van der Waals surface area contributed by atoms with Crippen molar-refractivity contribution < 1.29 is 28.9 Å². The van der Waals surface area contributed by atoms with Gasteiger partial charge >= 0.3 is 0 Å². The molecule has 2 aliphatic heterocycles. The van der Waals surface area contributed by atoms with Crippen LogP contribution in [0.2, 0.25) is 0 Å². The summed E-state index contributed by atoms with van der Waals surface area (Å²) in [5.74, 6) is 0.0972. The van der Waals surface area contributed by atoms with Crippen LogP contribution in [0.4, 0.5) is 0 Å². The number of ether oxygens (including phenoxy) is 3. The first-order valence-electron chi connectivity index (χ1n) is 11.0. The van der Waals surface area contributed by atoms with E-state index in [0.717, 1.165) is 0 Å². The van der Waals surface area contributed by atoms with Crippen molar-refractivity contribution in [2.24, 2.45) is 0 Å². The first kappa shape index (κ1) is 22.7. The topological polar surface area (TPSA) is 88.5 Å². The number of benzene rings is 2. The van der Waals surface area contributed by atoms with Crippen molar-refractivity contribution in [3.8, 4) is 17.2 Å². The Kier molecular flexibility index (Phi) is 6.55. The molecule has 0 unspecified atom stereocenters. The number of amides is 1. The molecule has 0 bridgehead atoms. The van der Waals surface area contributed by atoms with E-state index in [-0.39, 0.29) is 11.3 Å². The Morgan fingerprint density at radius 1 is 1.12 bits per heavy atom. The molecule has 4 rings (SSSR count). The highest BCUT2D eigenvalue weighted by Crippen LogP contribution is 2.41. The van der Waals surface area contributed by atoms with Gasteiger partial charge in [-0.2, -0.15) is 0 Å². The molecule has 2 aliphatic rings. The van der Waals surface area contributed by atoms with Crippen molar-refractivity contribution in [3.63, 3.8) is 0 Å². The Labute approximate surface area is 193 Å². The molecular weight excluding hydrogens is 424 g/mol. The van der Waals surface area contributed by atoms with Gasteiger partial charge in [0.15, 0.2) is 11.5 Å². The molecule has 2 aromatic rings. The Morgan fingerprint density at radius 3 is 2.61 bits per heavy atom. The Balaban J connectivity index is 1.82. The van der Waals surface area contributed by atoms with Gasteiger partial charge in [0.1, 0.15) is 24.7 Å². The van der Waals surface area contributed by atoms with Gasteiger partial charge in [0, 0.05) is 18.7 Å². The summed E-state index contributed by atoms with van der Waals surface area (Å²) in [5, 5.41) is 11.3. The minimum Gasteiger partial charge on any atom is -0.507 e. The van der Waals surface area contributed by atoms with E-state index in [4.69, 9.17) is 14.2 Å². The molecule has 1 N–H and O–H groups in total. The third-order valence-electron chi connectivity index (χ3n) is 5.63. The van der Waals surface area contributed by atoms with Crippen LogP contribution < -0.4 is 14.2 Å². The lowest BCUT2D eigenvalue weighted by Gasteiger charge is -2.27. The third-order valence-corrected chi connectivity index (χ3v) is 5.63.